The van der Waals surface area contributed by atoms with Gasteiger partial charge in [0.25, 0.3) is 0 Å². The summed E-state index contributed by atoms with van der Waals surface area (Å²) >= 11 is 1.35. The first-order valence-corrected chi connectivity index (χ1v) is 13.8. The van der Waals surface area contributed by atoms with Crippen LogP contribution in [0.25, 0.3) is 10.8 Å². The molecular formula is C26H25N3O7S2. The molecular weight excluding hydrogens is 530 g/mol. The molecule has 0 fully saturated rings. The Balaban J connectivity index is 1.59. The molecule has 4 rings (SSSR count). The third-order valence-corrected chi connectivity index (χ3v) is 7.02. The lowest BCUT2D eigenvalue weighted by Gasteiger charge is -2.21. The first-order chi connectivity index (χ1) is 18.2. The maximum absolute atomic E-state index is 13.4. The SMILES string of the molecule is COC(=O)[C@@H](Cc1ccccc1)C(=O)N[C@@H](Cc1ccc(NS(=O)(=O)O)cc1)c1csc(-c2ccco2)n1. The summed E-state index contributed by atoms with van der Waals surface area (Å²) in [6, 6.07) is 18.4. The van der Waals surface area contributed by atoms with E-state index in [1.165, 1.54) is 30.6 Å². The van der Waals surface area contributed by atoms with Crippen LogP contribution >= 0.6 is 11.3 Å². The highest BCUT2D eigenvalue weighted by atomic mass is 32.2. The van der Waals surface area contributed by atoms with Crippen LogP contribution in [0.4, 0.5) is 5.69 Å². The van der Waals surface area contributed by atoms with E-state index < -0.39 is 34.1 Å². The van der Waals surface area contributed by atoms with Crippen molar-refractivity contribution in [1.82, 2.24) is 10.3 Å². The van der Waals surface area contributed by atoms with Crippen LogP contribution < -0.4 is 10.0 Å². The number of thiazole rings is 1. The second-order valence-corrected chi connectivity index (χ2v) is 10.4. The lowest BCUT2D eigenvalue weighted by molar-refractivity contribution is -0.150. The van der Waals surface area contributed by atoms with Crippen molar-refractivity contribution >= 4 is 39.2 Å². The highest BCUT2D eigenvalue weighted by Crippen LogP contribution is 2.29. The van der Waals surface area contributed by atoms with Gasteiger partial charge in [0.1, 0.15) is 5.92 Å². The average Bonchev–Trinajstić information content (AvgIpc) is 3.60. The van der Waals surface area contributed by atoms with Crippen LogP contribution in [0.1, 0.15) is 22.9 Å². The van der Waals surface area contributed by atoms with Gasteiger partial charge in [0.15, 0.2) is 10.8 Å². The lowest BCUT2D eigenvalue weighted by Crippen LogP contribution is -2.40. The van der Waals surface area contributed by atoms with Crippen molar-refractivity contribution in [3.8, 4) is 10.8 Å². The molecule has 0 spiro atoms. The minimum atomic E-state index is -4.41. The predicted molar refractivity (Wildman–Crippen MR) is 142 cm³/mol. The number of aromatic nitrogens is 1. The fourth-order valence-electron chi connectivity index (χ4n) is 3.83. The van der Waals surface area contributed by atoms with Gasteiger partial charge in [-0.3, -0.25) is 18.9 Å². The molecule has 2 aromatic carbocycles. The molecule has 2 atom stereocenters. The first-order valence-electron chi connectivity index (χ1n) is 11.5. The Morgan fingerprint density at radius 3 is 2.37 bits per heavy atom. The minimum Gasteiger partial charge on any atom is -0.468 e. The number of rotatable bonds is 11. The van der Waals surface area contributed by atoms with Gasteiger partial charge in [0.2, 0.25) is 5.91 Å². The summed E-state index contributed by atoms with van der Waals surface area (Å²) in [5, 5.41) is 5.39. The molecule has 12 heteroatoms. The molecule has 3 N–H and O–H groups in total. The first kappa shape index (κ1) is 27.0. The summed E-state index contributed by atoms with van der Waals surface area (Å²) in [4.78, 5) is 30.6. The van der Waals surface area contributed by atoms with Crippen LogP contribution in [0, 0.1) is 5.92 Å². The van der Waals surface area contributed by atoms with Gasteiger partial charge >= 0.3 is 16.3 Å². The molecule has 2 aromatic heterocycles. The Hall–Kier alpha value is -4.00. The van der Waals surface area contributed by atoms with E-state index in [4.69, 9.17) is 13.7 Å². The van der Waals surface area contributed by atoms with Gasteiger partial charge in [-0.15, -0.1) is 11.3 Å². The Morgan fingerprint density at radius 1 is 1.03 bits per heavy atom. The highest BCUT2D eigenvalue weighted by molar-refractivity contribution is 7.87. The van der Waals surface area contributed by atoms with Crippen molar-refractivity contribution in [2.45, 2.75) is 18.9 Å². The topological polar surface area (TPSA) is 148 Å². The quantitative estimate of drug-likeness (QED) is 0.143. The van der Waals surface area contributed by atoms with E-state index in [2.05, 4.69) is 10.3 Å². The predicted octanol–water partition coefficient (Wildman–Crippen LogP) is 4.05. The maximum atomic E-state index is 13.4. The van der Waals surface area contributed by atoms with Crippen LogP contribution in [0.2, 0.25) is 0 Å². The monoisotopic (exact) mass is 555 g/mol. The van der Waals surface area contributed by atoms with Crippen molar-refractivity contribution < 1.29 is 31.7 Å². The molecule has 0 saturated heterocycles. The Kier molecular flexibility index (Phi) is 8.56. The number of carbonyl (C=O) groups excluding carboxylic acids is 2. The second-order valence-electron chi connectivity index (χ2n) is 8.36. The molecule has 198 valence electrons. The summed E-state index contributed by atoms with van der Waals surface area (Å²) < 4.78 is 43.5. The van der Waals surface area contributed by atoms with E-state index in [-0.39, 0.29) is 12.1 Å². The van der Waals surface area contributed by atoms with E-state index in [1.54, 1.807) is 35.9 Å². The van der Waals surface area contributed by atoms with Crippen LogP contribution in [-0.2, 0) is 37.5 Å². The van der Waals surface area contributed by atoms with Crippen LogP contribution in [0.15, 0.2) is 82.8 Å². The summed E-state index contributed by atoms with van der Waals surface area (Å²) in [5.74, 6) is -1.65. The Labute approximate surface area is 223 Å². The van der Waals surface area contributed by atoms with Gasteiger partial charge < -0.3 is 14.5 Å². The third kappa shape index (κ3) is 7.28. The Morgan fingerprint density at radius 2 is 1.74 bits per heavy atom. The zero-order chi connectivity index (χ0) is 27.1. The van der Waals surface area contributed by atoms with Crippen LogP contribution in [0.5, 0.6) is 0 Å². The molecule has 4 aromatic rings. The van der Waals surface area contributed by atoms with E-state index in [0.29, 0.717) is 22.9 Å². The van der Waals surface area contributed by atoms with Gasteiger partial charge in [-0.2, -0.15) is 8.42 Å². The number of carbonyl (C=O) groups is 2. The molecule has 0 unspecified atom stereocenters. The molecule has 0 radical (unpaired) electrons. The minimum absolute atomic E-state index is 0.163. The highest BCUT2D eigenvalue weighted by Gasteiger charge is 2.31. The number of benzene rings is 2. The van der Waals surface area contributed by atoms with Crippen molar-refractivity contribution in [3.63, 3.8) is 0 Å². The van der Waals surface area contributed by atoms with Gasteiger partial charge in [0, 0.05) is 5.38 Å². The summed E-state index contributed by atoms with van der Waals surface area (Å²) in [6.07, 6.45) is 2.00. The number of hydrogen-bond acceptors (Lipinski definition) is 8. The number of furan rings is 1. The molecule has 0 aliphatic carbocycles. The molecule has 0 aliphatic rings. The molecule has 0 bridgehead atoms. The molecule has 2 heterocycles. The number of anilines is 1. The Bertz CT molecular complexity index is 1470. The smallest absolute Gasteiger partial charge is 0.357 e. The molecule has 1 amide bonds. The third-order valence-electron chi connectivity index (χ3n) is 5.65. The van der Waals surface area contributed by atoms with E-state index in [0.717, 1.165) is 11.1 Å². The van der Waals surface area contributed by atoms with Gasteiger partial charge in [-0.05, 0) is 48.2 Å². The number of nitrogens with zero attached hydrogens (tertiary/aromatic N) is 1. The summed E-state index contributed by atoms with van der Waals surface area (Å²) in [5.41, 5.74) is 2.31. The lowest BCUT2D eigenvalue weighted by atomic mass is 9.97. The molecule has 38 heavy (non-hydrogen) atoms. The maximum Gasteiger partial charge on any atom is 0.357 e. The van der Waals surface area contributed by atoms with Crippen molar-refractivity contribution in [2.75, 3.05) is 11.8 Å². The van der Waals surface area contributed by atoms with E-state index >= 15 is 0 Å². The van der Waals surface area contributed by atoms with Crippen LogP contribution in [-0.4, -0.2) is 36.9 Å². The normalized spacial score (nSPS) is 12.9. The van der Waals surface area contributed by atoms with Gasteiger partial charge in [-0.1, -0.05) is 42.5 Å². The number of amides is 1. The van der Waals surface area contributed by atoms with E-state index in [9.17, 15) is 18.0 Å². The van der Waals surface area contributed by atoms with Gasteiger partial charge in [-0.25, -0.2) is 4.98 Å². The number of ether oxygens (including phenoxy) is 1. The van der Waals surface area contributed by atoms with E-state index in [1.807, 2.05) is 35.1 Å². The zero-order valence-corrected chi connectivity index (χ0v) is 21.9. The number of esters is 1. The number of methoxy groups -OCH3 is 1. The summed E-state index contributed by atoms with van der Waals surface area (Å²) in [6.45, 7) is 0. The van der Waals surface area contributed by atoms with Crippen molar-refractivity contribution in [1.29, 1.82) is 0 Å². The van der Waals surface area contributed by atoms with Crippen molar-refractivity contribution in [2.24, 2.45) is 5.92 Å². The standard InChI is InChI=1S/C26H25N3O7S2/c1-35-26(31)20(14-17-6-3-2-4-7-17)24(30)27-21(22-16-37-25(28-22)23-8-5-13-36-23)15-18-9-11-19(12-10-18)29-38(32,33)34/h2-13,16,20-21,29H,14-15H2,1H3,(H,27,30)(H,32,33,34)/t20-,21-/m0/s1. The van der Waals surface area contributed by atoms with Crippen LogP contribution in [0.3, 0.4) is 0 Å². The fraction of sp³-hybridized carbons (Fsp3) is 0.192. The number of hydrogen-bond donors (Lipinski definition) is 3. The van der Waals surface area contributed by atoms with Gasteiger partial charge in [0.05, 0.1) is 30.8 Å². The second kappa shape index (κ2) is 12.0. The molecule has 10 nitrogen and oxygen atoms in total. The summed E-state index contributed by atoms with van der Waals surface area (Å²) in [7, 11) is -3.17. The molecule has 0 saturated carbocycles. The average molecular weight is 556 g/mol. The fourth-order valence-corrected chi connectivity index (χ4v) is 5.10. The largest absolute Gasteiger partial charge is 0.468 e. The number of nitrogens with one attached hydrogen (secondary N) is 2. The van der Waals surface area contributed by atoms with Crippen molar-refractivity contribution in [3.05, 3.63) is 95.2 Å². The molecule has 0 aliphatic heterocycles. The zero-order valence-electron chi connectivity index (χ0n) is 20.2.